The van der Waals surface area contributed by atoms with Gasteiger partial charge in [-0.1, -0.05) is 23.4 Å². The summed E-state index contributed by atoms with van der Waals surface area (Å²) in [7, 11) is 0. The van der Waals surface area contributed by atoms with Crippen LogP contribution in [-0.2, 0) is 11.3 Å². The third-order valence-electron chi connectivity index (χ3n) is 3.31. The maximum Gasteiger partial charge on any atom is 0.242 e. The molecule has 19 heavy (non-hydrogen) atoms. The van der Waals surface area contributed by atoms with Crippen LogP contribution in [0.5, 0.6) is 0 Å². The molecule has 98 valence electrons. The van der Waals surface area contributed by atoms with Crippen molar-refractivity contribution in [3.8, 4) is 0 Å². The van der Waals surface area contributed by atoms with Gasteiger partial charge in [-0.3, -0.25) is 4.79 Å². The van der Waals surface area contributed by atoms with E-state index in [1.54, 1.807) is 4.90 Å². The summed E-state index contributed by atoms with van der Waals surface area (Å²) in [6.45, 7) is 2.72. The Morgan fingerprint density at radius 1 is 1.37 bits per heavy atom. The number of hydrogen-bond donors (Lipinski definition) is 2. The molecule has 2 N–H and O–H groups in total. The molecule has 0 fully saturated rings. The number of hydrogen-bond acceptors (Lipinski definition) is 5. The fourth-order valence-electron chi connectivity index (χ4n) is 2.21. The average molecular weight is 258 g/mol. The van der Waals surface area contributed by atoms with E-state index in [4.69, 9.17) is 0 Å². The van der Waals surface area contributed by atoms with E-state index in [-0.39, 0.29) is 18.5 Å². The molecule has 7 nitrogen and oxygen atoms in total. The molecule has 2 aromatic rings. The lowest BCUT2D eigenvalue weighted by molar-refractivity contribution is -0.132. The lowest BCUT2D eigenvalue weighted by Gasteiger charge is -2.25. The van der Waals surface area contributed by atoms with Crippen molar-refractivity contribution in [2.45, 2.75) is 19.5 Å². The molecule has 0 bridgehead atoms. The van der Waals surface area contributed by atoms with E-state index in [1.165, 1.54) is 0 Å². The first-order valence-electron chi connectivity index (χ1n) is 6.10. The Kier molecular flexibility index (Phi) is 2.86. The summed E-state index contributed by atoms with van der Waals surface area (Å²) in [6, 6.07) is 7.70. The number of nitrogens with zero attached hydrogens (tertiary/aromatic N) is 4. The van der Waals surface area contributed by atoms with Gasteiger partial charge in [-0.25, -0.2) is 0 Å². The van der Waals surface area contributed by atoms with Crippen LogP contribution in [0.2, 0.25) is 0 Å². The zero-order valence-electron chi connectivity index (χ0n) is 10.5. The molecule has 1 amide bonds. The van der Waals surface area contributed by atoms with Gasteiger partial charge in [0.1, 0.15) is 0 Å². The van der Waals surface area contributed by atoms with Crippen LogP contribution in [0.3, 0.4) is 0 Å². The molecule has 7 heteroatoms. The number of anilines is 1. The van der Waals surface area contributed by atoms with Crippen molar-refractivity contribution in [3.63, 3.8) is 0 Å². The van der Waals surface area contributed by atoms with Gasteiger partial charge in [-0.05, 0) is 18.6 Å². The largest absolute Gasteiger partial charge is 0.376 e. The Bertz CT molecular complexity index is 582. The van der Waals surface area contributed by atoms with Crippen molar-refractivity contribution in [2.24, 2.45) is 0 Å². The van der Waals surface area contributed by atoms with Crippen LogP contribution in [0.25, 0.3) is 0 Å². The van der Waals surface area contributed by atoms with E-state index in [9.17, 15) is 4.79 Å². The molecule has 0 saturated heterocycles. The monoisotopic (exact) mass is 258 g/mol. The van der Waals surface area contributed by atoms with Gasteiger partial charge in [0.25, 0.3) is 0 Å². The Morgan fingerprint density at radius 2 is 2.21 bits per heavy atom. The summed E-state index contributed by atoms with van der Waals surface area (Å²) in [4.78, 5) is 14.0. The van der Waals surface area contributed by atoms with Gasteiger partial charge < -0.3 is 10.2 Å². The normalized spacial score (nSPS) is 16.5. The molecule has 1 aromatic carbocycles. The Labute approximate surface area is 110 Å². The fraction of sp³-hybridized carbons (Fsp3) is 0.333. The predicted molar refractivity (Wildman–Crippen MR) is 68.1 cm³/mol. The standard InChI is InChI=1S/C12H14N6O/c1-8(12-14-16-17-15-12)18-7-9-4-2-3-5-10(9)13-6-11(18)19/h2-5,8,13H,6-7H2,1H3,(H,14,15,16,17). The first-order valence-corrected chi connectivity index (χ1v) is 6.10. The number of amides is 1. The highest BCUT2D eigenvalue weighted by atomic mass is 16.2. The summed E-state index contributed by atoms with van der Waals surface area (Å²) in [5, 5.41) is 17.0. The Hall–Kier alpha value is -2.44. The van der Waals surface area contributed by atoms with Crippen LogP contribution >= 0.6 is 0 Å². The zero-order chi connectivity index (χ0) is 13.2. The zero-order valence-corrected chi connectivity index (χ0v) is 10.5. The molecule has 0 aliphatic carbocycles. The molecule has 3 rings (SSSR count). The molecule has 1 aromatic heterocycles. The highest BCUT2D eigenvalue weighted by Gasteiger charge is 2.27. The number of fused-ring (bicyclic) bond motifs is 1. The minimum Gasteiger partial charge on any atom is -0.376 e. The van der Waals surface area contributed by atoms with Gasteiger partial charge in [0.2, 0.25) is 5.91 Å². The molecule has 1 aliphatic heterocycles. The minimum absolute atomic E-state index is 0.0218. The van der Waals surface area contributed by atoms with E-state index in [0.29, 0.717) is 12.4 Å². The average Bonchev–Trinajstić information content (AvgIpc) is 2.91. The molecular formula is C12H14N6O. The summed E-state index contributed by atoms with van der Waals surface area (Å²) in [5.74, 6) is 0.543. The topological polar surface area (TPSA) is 86.8 Å². The number of carbonyl (C=O) groups excluding carboxylic acids is 1. The number of para-hydroxylation sites is 1. The number of carbonyl (C=O) groups is 1. The van der Waals surface area contributed by atoms with Gasteiger partial charge in [-0.2, -0.15) is 5.21 Å². The van der Waals surface area contributed by atoms with Crippen LogP contribution in [-0.4, -0.2) is 38.0 Å². The third-order valence-corrected chi connectivity index (χ3v) is 3.31. The molecule has 1 unspecified atom stereocenters. The van der Waals surface area contributed by atoms with Gasteiger partial charge in [-0.15, -0.1) is 10.2 Å². The second kappa shape index (κ2) is 4.68. The SMILES string of the molecule is CC(c1nn[nH]n1)N1Cc2ccccc2NCC1=O. The number of nitrogens with one attached hydrogen (secondary N) is 2. The van der Waals surface area contributed by atoms with Crippen molar-refractivity contribution >= 4 is 11.6 Å². The maximum absolute atomic E-state index is 12.2. The van der Waals surface area contributed by atoms with E-state index in [1.807, 2.05) is 31.2 Å². The van der Waals surface area contributed by atoms with Crippen molar-refractivity contribution in [2.75, 3.05) is 11.9 Å². The fourth-order valence-corrected chi connectivity index (χ4v) is 2.21. The summed E-state index contributed by atoms with van der Waals surface area (Å²) < 4.78 is 0. The maximum atomic E-state index is 12.2. The number of tetrazole rings is 1. The summed E-state index contributed by atoms with van der Waals surface area (Å²) >= 11 is 0. The van der Waals surface area contributed by atoms with Crippen molar-refractivity contribution in [1.82, 2.24) is 25.5 Å². The first kappa shape index (κ1) is 11.6. The van der Waals surface area contributed by atoms with E-state index >= 15 is 0 Å². The van der Waals surface area contributed by atoms with Crippen LogP contribution in [0, 0.1) is 0 Å². The van der Waals surface area contributed by atoms with Crippen LogP contribution < -0.4 is 5.32 Å². The molecule has 0 spiro atoms. The summed E-state index contributed by atoms with van der Waals surface area (Å²) in [5.41, 5.74) is 2.09. The van der Waals surface area contributed by atoms with Crippen molar-refractivity contribution in [1.29, 1.82) is 0 Å². The first-order chi connectivity index (χ1) is 9.25. The predicted octanol–water partition coefficient (Wildman–Crippen LogP) is 0.715. The van der Waals surface area contributed by atoms with Crippen LogP contribution in [0.4, 0.5) is 5.69 Å². The molecule has 0 saturated carbocycles. The highest BCUT2D eigenvalue weighted by molar-refractivity contribution is 5.83. The Balaban J connectivity index is 1.91. The number of H-pyrrole nitrogens is 1. The quantitative estimate of drug-likeness (QED) is 0.828. The lowest BCUT2D eigenvalue weighted by Crippen LogP contribution is -2.35. The molecule has 1 aliphatic rings. The van der Waals surface area contributed by atoms with Crippen LogP contribution in [0.15, 0.2) is 24.3 Å². The van der Waals surface area contributed by atoms with Crippen molar-refractivity contribution < 1.29 is 4.79 Å². The van der Waals surface area contributed by atoms with Gasteiger partial charge in [0.05, 0.1) is 12.6 Å². The van der Waals surface area contributed by atoms with Gasteiger partial charge in [0.15, 0.2) is 5.82 Å². The summed E-state index contributed by atoms with van der Waals surface area (Å²) in [6.07, 6.45) is 0. The smallest absolute Gasteiger partial charge is 0.242 e. The molecular weight excluding hydrogens is 244 g/mol. The van der Waals surface area contributed by atoms with Gasteiger partial charge in [0, 0.05) is 12.2 Å². The molecule has 0 radical (unpaired) electrons. The van der Waals surface area contributed by atoms with E-state index in [2.05, 4.69) is 25.9 Å². The van der Waals surface area contributed by atoms with Crippen molar-refractivity contribution in [3.05, 3.63) is 35.7 Å². The lowest BCUT2D eigenvalue weighted by atomic mass is 10.1. The second-order valence-corrected chi connectivity index (χ2v) is 4.48. The Morgan fingerprint density at radius 3 is 3.00 bits per heavy atom. The number of rotatable bonds is 2. The number of aromatic nitrogens is 4. The number of aromatic amines is 1. The van der Waals surface area contributed by atoms with Crippen LogP contribution in [0.1, 0.15) is 24.4 Å². The molecule has 1 atom stereocenters. The minimum atomic E-state index is -0.209. The van der Waals surface area contributed by atoms with E-state index in [0.717, 1.165) is 11.3 Å². The van der Waals surface area contributed by atoms with E-state index < -0.39 is 0 Å². The second-order valence-electron chi connectivity index (χ2n) is 4.48. The highest BCUT2D eigenvalue weighted by Crippen LogP contribution is 2.25. The molecule has 2 heterocycles. The number of benzene rings is 1. The third kappa shape index (κ3) is 2.14. The van der Waals surface area contributed by atoms with Gasteiger partial charge >= 0.3 is 0 Å².